The van der Waals surface area contributed by atoms with Gasteiger partial charge in [0.2, 0.25) is 5.91 Å². The molecule has 212 valence electrons. The number of nitrogens with zero attached hydrogens (tertiary/aromatic N) is 2. The summed E-state index contributed by atoms with van der Waals surface area (Å²) in [6, 6.07) is 15.0. The highest BCUT2D eigenvalue weighted by Crippen LogP contribution is 2.39. The van der Waals surface area contributed by atoms with Crippen LogP contribution < -0.4 is 0 Å². The SMILES string of the molecule is CCOC(=O)C1=C(C)N(Cc2ccc(C(=O)N3CCC(C(=O)OCC)CC3)cc2)C(=O)CC1c1ccccc1C. The molecule has 0 saturated carbocycles. The average Bonchev–Trinajstić information content (AvgIpc) is 2.95. The van der Waals surface area contributed by atoms with Gasteiger partial charge in [0.05, 0.1) is 31.2 Å². The standard InChI is InChI=1S/C32H38N2O6/c1-5-39-31(37)25-15-17-33(18-16-25)30(36)24-13-11-23(12-14-24)20-34-22(4)29(32(38)40-6-2)27(19-28(34)35)26-10-8-7-9-21(26)3/h7-14,25,27H,5-6,15-20H2,1-4H3. The molecule has 1 saturated heterocycles. The molecule has 1 atom stereocenters. The molecule has 0 aliphatic carbocycles. The third-order valence-corrected chi connectivity index (χ3v) is 7.83. The van der Waals surface area contributed by atoms with Gasteiger partial charge in [0.25, 0.3) is 5.91 Å². The number of allylic oxidation sites excluding steroid dienone is 1. The van der Waals surface area contributed by atoms with E-state index < -0.39 is 5.97 Å². The number of aryl methyl sites for hydroxylation is 1. The molecule has 2 aromatic rings. The molecule has 8 nitrogen and oxygen atoms in total. The van der Waals surface area contributed by atoms with E-state index in [4.69, 9.17) is 9.47 Å². The Hall–Kier alpha value is -3.94. The minimum atomic E-state index is -0.404. The van der Waals surface area contributed by atoms with Crippen molar-refractivity contribution in [3.8, 4) is 0 Å². The van der Waals surface area contributed by atoms with E-state index >= 15 is 0 Å². The van der Waals surface area contributed by atoms with Crippen LogP contribution >= 0.6 is 0 Å². The average molecular weight is 547 g/mol. The summed E-state index contributed by atoms with van der Waals surface area (Å²) in [5, 5.41) is 0. The molecule has 2 heterocycles. The summed E-state index contributed by atoms with van der Waals surface area (Å²) in [7, 11) is 0. The van der Waals surface area contributed by atoms with Gasteiger partial charge in [-0.3, -0.25) is 14.4 Å². The number of carbonyl (C=O) groups is 4. The van der Waals surface area contributed by atoms with Crippen LogP contribution in [0.1, 0.15) is 73.0 Å². The van der Waals surface area contributed by atoms with E-state index in [1.807, 2.05) is 43.3 Å². The largest absolute Gasteiger partial charge is 0.466 e. The molecule has 0 spiro atoms. The van der Waals surface area contributed by atoms with Crippen molar-refractivity contribution in [1.82, 2.24) is 9.80 Å². The Morgan fingerprint density at radius 1 is 0.900 bits per heavy atom. The van der Waals surface area contributed by atoms with E-state index in [0.29, 0.717) is 49.4 Å². The Bertz CT molecular complexity index is 1290. The zero-order valence-electron chi connectivity index (χ0n) is 23.8. The second-order valence-corrected chi connectivity index (χ2v) is 10.3. The fourth-order valence-electron chi connectivity index (χ4n) is 5.62. The summed E-state index contributed by atoms with van der Waals surface area (Å²) < 4.78 is 10.5. The second kappa shape index (κ2) is 12.9. The first-order valence-corrected chi connectivity index (χ1v) is 14.0. The van der Waals surface area contributed by atoms with Gasteiger partial charge < -0.3 is 19.3 Å². The van der Waals surface area contributed by atoms with Gasteiger partial charge in [-0.2, -0.15) is 0 Å². The first kappa shape index (κ1) is 29.1. The molecule has 2 aliphatic rings. The van der Waals surface area contributed by atoms with Crippen LogP contribution in [-0.2, 0) is 30.4 Å². The van der Waals surface area contributed by atoms with Gasteiger partial charge in [-0.05, 0) is 69.4 Å². The summed E-state index contributed by atoms with van der Waals surface area (Å²) in [5.74, 6) is -1.26. The third-order valence-electron chi connectivity index (χ3n) is 7.83. The zero-order chi connectivity index (χ0) is 28.8. The maximum atomic E-state index is 13.4. The molecule has 1 unspecified atom stereocenters. The van der Waals surface area contributed by atoms with Crippen LogP contribution in [0.5, 0.6) is 0 Å². The maximum Gasteiger partial charge on any atom is 0.336 e. The molecule has 2 aromatic carbocycles. The predicted molar refractivity (Wildman–Crippen MR) is 150 cm³/mol. The lowest BCUT2D eigenvalue weighted by Gasteiger charge is -2.35. The lowest BCUT2D eigenvalue weighted by atomic mass is 9.81. The van der Waals surface area contributed by atoms with E-state index in [9.17, 15) is 19.2 Å². The van der Waals surface area contributed by atoms with Gasteiger partial charge in [-0.25, -0.2) is 4.79 Å². The van der Waals surface area contributed by atoms with Crippen LogP contribution in [-0.4, -0.2) is 59.9 Å². The first-order chi connectivity index (χ1) is 19.2. The van der Waals surface area contributed by atoms with Crippen LogP contribution in [0.3, 0.4) is 0 Å². The highest BCUT2D eigenvalue weighted by molar-refractivity contribution is 5.96. The molecule has 0 radical (unpaired) electrons. The van der Waals surface area contributed by atoms with Crippen molar-refractivity contribution in [2.45, 2.75) is 59.4 Å². The Morgan fingerprint density at radius 3 is 2.17 bits per heavy atom. The Kier molecular flexibility index (Phi) is 9.40. The smallest absolute Gasteiger partial charge is 0.336 e. The first-order valence-electron chi connectivity index (χ1n) is 14.0. The number of ether oxygens (including phenoxy) is 2. The molecule has 0 aromatic heterocycles. The van der Waals surface area contributed by atoms with Gasteiger partial charge in [-0.1, -0.05) is 36.4 Å². The Labute approximate surface area is 235 Å². The highest BCUT2D eigenvalue weighted by atomic mass is 16.5. The summed E-state index contributed by atoms with van der Waals surface area (Å²) >= 11 is 0. The number of esters is 2. The summed E-state index contributed by atoms with van der Waals surface area (Å²) in [4.78, 5) is 54.9. The van der Waals surface area contributed by atoms with E-state index in [1.54, 1.807) is 42.7 Å². The van der Waals surface area contributed by atoms with Crippen LogP contribution in [0.15, 0.2) is 59.8 Å². The Balaban J connectivity index is 1.49. The minimum Gasteiger partial charge on any atom is -0.466 e. The molecule has 2 amide bonds. The number of hydrogen-bond acceptors (Lipinski definition) is 6. The fraction of sp³-hybridized carbons (Fsp3) is 0.438. The van der Waals surface area contributed by atoms with Crippen molar-refractivity contribution in [2.75, 3.05) is 26.3 Å². The van der Waals surface area contributed by atoms with Gasteiger partial charge >= 0.3 is 11.9 Å². The van der Waals surface area contributed by atoms with Crippen molar-refractivity contribution >= 4 is 23.8 Å². The van der Waals surface area contributed by atoms with Crippen molar-refractivity contribution < 1.29 is 28.7 Å². The number of rotatable bonds is 8. The van der Waals surface area contributed by atoms with Crippen LogP contribution in [0.25, 0.3) is 0 Å². The number of amides is 2. The van der Waals surface area contributed by atoms with Crippen molar-refractivity contribution in [3.05, 3.63) is 82.1 Å². The van der Waals surface area contributed by atoms with Crippen molar-refractivity contribution in [1.29, 1.82) is 0 Å². The summed E-state index contributed by atoms with van der Waals surface area (Å²) in [6.07, 6.45) is 1.37. The van der Waals surface area contributed by atoms with Crippen molar-refractivity contribution in [2.24, 2.45) is 5.92 Å². The van der Waals surface area contributed by atoms with Crippen LogP contribution in [0, 0.1) is 12.8 Å². The maximum absolute atomic E-state index is 13.4. The summed E-state index contributed by atoms with van der Waals surface area (Å²) in [6.45, 7) is 9.26. The number of likely N-dealkylation sites (tertiary alicyclic amines) is 1. The topological polar surface area (TPSA) is 93.2 Å². The lowest BCUT2D eigenvalue weighted by Crippen LogP contribution is -2.40. The number of carbonyl (C=O) groups excluding carboxylic acids is 4. The van der Waals surface area contributed by atoms with E-state index in [-0.39, 0.29) is 49.2 Å². The molecule has 0 bridgehead atoms. The Morgan fingerprint density at radius 2 is 1.55 bits per heavy atom. The van der Waals surface area contributed by atoms with Crippen molar-refractivity contribution in [3.63, 3.8) is 0 Å². The van der Waals surface area contributed by atoms with Gasteiger partial charge in [0, 0.05) is 36.7 Å². The number of piperidine rings is 1. The van der Waals surface area contributed by atoms with E-state index in [0.717, 1.165) is 16.7 Å². The van der Waals surface area contributed by atoms with E-state index in [2.05, 4.69) is 0 Å². The van der Waals surface area contributed by atoms with Gasteiger partial charge in [-0.15, -0.1) is 0 Å². The predicted octanol–water partition coefficient (Wildman–Crippen LogP) is 4.76. The van der Waals surface area contributed by atoms with Crippen LogP contribution in [0.2, 0.25) is 0 Å². The molecular weight excluding hydrogens is 508 g/mol. The summed E-state index contributed by atoms with van der Waals surface area (Å²) in [5.41, 5.74) is 4.48. The van der Waals surface area contributed by atoms with Gasteiger partial charge in [0.15, 0.2) is 0 Å². The lowest BCUT2D eigenvalue weighted by molar-refractivity contribution is -0.149. The zero-order valence-corrected chi connectivity index (χ0v) is 23.8. The molecule has 0 N–H and O–H groups in total. The molecule has 1 fully saturated rings. The normalized spacial score (nSPS) is 18.1. The monoisotopic (exact) mass is 546 g/mol. The molecule has 40 heavy (non-hydrogen) atoms. The second-order valence-electron chi connectivity index (χ2n) is 10.3. The number of hydrogen-bond donors (Lipinski definition) is 0. The van der Waals surface area contributed by atoms with E-state index in [1.165, 1.54) is 0 Å². The van der Waals surface area contributed by atoms with Crippen LogP contribution in [0.4, 0.5) is 0 Å². The quantitative estimate of drug-likeness (QED) is 0.443. The van der Waals surface area contributed by atoms with Gasteiger partial charge in [0.1, 0.15) is 0 Å². The number of benzene rings is 2. The molecule has 4 rings (SSSR count). The fourth-order valence-corrected chi connectivity index (χ4v) is 5.62. The molecule has 8 heteroatoms. The molecular formula is C32H38N2O6. The minimum absolute atomic E-state index is 0.0663. The highest BCUT2D eigenvalue weighted by Gasteiger charge is 2.37. The third kappa shape index (κ3) is 6.27. The molecule has 2 aliphatic heterocycles.